The SMILES string of the molecule is CCc1ccc(Nc2cccc(OC)c2N)cc1. The molecule has 0 saturated carbocycles. The van der Waals surface area contributed by atoms with Crippen LogP contribution in [0.4, 0.5) is 17.1 Å². The van der Waals surface area contributed by atoms with Crippen LogP contribution in [0.1, 0.15) is 12.5 Å². The highest BCUT2D eigenvalue weighted by Crippen LogP contribution is 2.31. The van der Waals surface area contributed by atoms with Crippen molar-refractivity contribution in [3.05, 3.63) is 48.0 Å². The molecule has 94 valence electrons. The molecule has 0 fully saturated rings. The highest BCUT2D eigenvalue weighted by molar-refractivity contribution is 5.77. The van der Waals surface area contributed by atoms with Gasteiger partial charge in [-0.15, -0.1) is 0 Å². The van der Waals surface area contributed by atoms with E-state index in [2.05, 4.69) is 36.5 Å². The summed E-state index contributed by atoms with van der Waals surface area (Å²) in [7, 11) is 1.62. The van der Waals surface area contributed by atoms with Crippen molar-refractivity contribution < 1.29 is 4.74 Å². The van der Waals surface area contributed by atoms with E-state index >= 15 is 0 Å². The van der Waals surface area contributed by atoms with E-state index in [9.17, 15) is 0 Å². The van der Waals surface area contributed by atoms with E-state index in [0.29, 0.717) is 11.4 Å². The molecule has 0 aliphatic rings. The van der Waals surface area contributed by atoms with Crippen molar-refractivity contribution >= 4 is 17.1 Å². The van der Waals surface area contributed by atoms with Crippen molar-refractivity contribution in [2.45, 2.75) is 13.3 Å². The molecular weight excluding hydrogens is 224 g/mol. The van der Waals surface area contributed by atoms with Gasteiger partial charge in [0.25, 0.3) is 0 Å². The summed E-state index contributed by atoms with van der Waals surface area (Å²) in [4.78, 5) is 0. The van der Waals surface area contributed by atoms with E-state index in [1.165, 1.54) is 5.56 Å². The van der Waals surface area contributed by atoms with Crippen LogP contribution >= 0.6 is 0 Å². The number of anilines is 3. The Labute approximate surface area is 108 Å². The zero-order valence-corrected chi connectivity index (χ0v) is 10.7. The lowest BCUT2D eigenvalue weighted by Gasteiger charge is -2.12. The maximum Gasteiger partial charge on any atom is 0.143 e. The number of benzene rings is 2. The molecule has 0 unspecified atom stereocenters. The van der Waals surface area contributed by atoms with Crippen molar-refractivity contribution in [3.8, 4) is 5.75 Å². The second-order valence-electron chi connectivity index (χ2n) is 4.10. The van der Waals surface area contributed by atoms with Gasteiger partial charge in [-0.3, -0.25) is 0 Å². The second-order valence-corrected chi connectivity index (χ2v) is 4.10. The van der Waals surface area contributed by atoms with Gasteiger partial charge in [-0.05, 0) is 36.2 Å². The summed E-state index contributed by atoms with van der Waals surface area (Å²) in [5.74, 6) is 0.685. The number of nitrogen functional groups attached to an aromatic ring is 1. The smallest absolute Gasteiger partial charge is 0.143 e. The number of aryl methyl sites for hydroxylation is 1. The third-order valence-corrected chi connectivity index (χ3v) is 2.93. The molecule has 0 heterocycles. The maximum absolute atomic E-state index is 6.01. The van der Waals surface area contributed by atoms with E-state index in [1.807, 2.05) is 18.2 Å². The topological polar surface area (TPSA) is 47.3 Å². The molecule has 0 bridgehead atoms. The predicted molar refractivity (Wildman–Crippen MR) is 76.5 cm³/mol. The van der Waals surface area contributed by atoms with E-state index in [4.69, 9.17) is 10.5 Å². The van der Waals surface area contributed by atoms with Crippen LogP contribution in [0.2, 0.25) is 0 Å². The Hall–Kier alpha value is -2.16. The third-order valence-electron chi connectivity index (χ3n) is 2.93. The molecule has 3 nitrogen and oxygen atoms in total. The lowest BCUT2D eigenvalue weighted by Crippen LogP contribution is -1.99. The van der Waals surface area contributed by atoms with Crippen molar-refractivity contribution in [1.82, 2.24) is 0 Å². The van der Waals surface area contributed by atoms with Gasteiger partial charge in [0, 0.05) is 5.69 Å². The first-order chi connectivity index (χ1) is 8.74. The second kappa shape index (κ2) is 5.45. The Morgan fingerprint density at radius 1 is 1.11 bits per heavy atom. The number of methoxy groups -OCH3 is 1. The van der Waals surface area contributed by atoms with Gasteiger partial charge < -0.3 is 15.8 Å². The summed E-state index contributed by atoms with van der Waals surface area (Å²) in [6.45, 7) is 2.14. The summed E-state index contributed by atoms with van der Waals surface area (Å²) in [5, 5.41) is 3.29. The number of nitrogens with one attached hydrogen (secondary N) is 1. The highest BCUT2D eigenvalue weighted by atomic mass is 16.5. The fourth-order valence-corrected chi connectivity index (χ4v) is 1.81. The summed E-state index contributed by atoms with van der Waals surface area (Å²) >= 11 is 0. The fraction of sp³-hybridized carbons (Fsp3) is 0.200. The van der Waals surface area contributed by atoms with Gasteiger partial charge in [0.05, 0.1) is 18.5 Å². The van der Waals surface area contributed by atoms with Crippen molar-refractivity contribution in [3.63, 3.8) is 0 Å². The molecule has 2 aromatic rings. The van der Waals surface area contributed by atoms with Gasteiger partial charge in [0.15, 0.2) is 0 Å². The van der Waals surface area contributed by atoms with Gasteiger partial charge >= 0.3 is 0 Å². The normalized spacial score (nSPS) is 10.1. The van der Waals surface area contributed by atoms with Crippen LogP contribution in [0.5, 0.6) is 5.75 Å². The molecular formula is C15H18N2O. The van der Waals surface area contributed by atoms with E-state index in [0.717, 1.165) is 17.8 Å². The molecule has 0 aliphatic heterocycles. The molecule has 0 aliphatic carbocycles. The Kier molecular flexibility index (Phi) is 3.72. The summed E-state index contributed by atoms with van der Waals surface area (Å²) in [6, 6.07) is 14.0. The Bertz CT molecular complexity index is 521. The third kappa shape index (κ3) is 2.56. The minimum atomic E-state index is 0.625. The van der Waals surface area contributed by atoms with Crippen LogP contribution in [0.3, 0.4) is 0 Å². The molecule has 3 heteroatoms. The van der Waals surface area contributed by atoms with Gasteiger partial charge in [-0.1, -0.05) is 25.1 Å². The lowest BCUT2D eigenvalue weighted by molar-refractivity contribution is 0.417. The van der Waals surface area contributed by atoms with Crippen LogP contribution in [0, 0.1) is 0 Å². The molecule has 2 aromatic carbocycles. The van der Waals surface area contributed by atoms with E-state index in [1.54, 1.807) is 7.11 Å². The quantitative estimate of drug-likeness (QED) is 0.805. The van der Waals surface area contributed by atoms with Crippen LogP contribution in [-0.2, 0) is 6.42 Å². The molecule has 3 N–H and O–H groups in total. The number of hydrogen-bond donors (Lipinski definition) is 2. The van der Waals surface area contributed by atoms with Crippen molar-refractivity contribution in [2.75, 3.05) is 18.2 Å². The molecule has 0 atom stereocenters. The van der Waals surface area contributed by atoms with Gasteiger partial charge in [-0.25, -0.2) is 0 Å². The predicted octanol–water partition coefficient (Wildman–Crippen LogP) is 3.58. The minimum Gasteiger partial charge on any atom is -0.495 e. The summed E-state index contributed by atoms with van der Waals surface area (Å²) < 4.78 is 5.19. The average Bonchev–Trinajstić information content (AvgIpc) is 2.42. The number of ether oxygens (including phenoxy) is 1. The highest BCUT2D eigenvalue weighted by Gasteiger charge is 2.04. The molecule has 18 heavy (non-hydrogen) atoms. The Balaban J connectivity index is 2.22. The van der Waals surface area contributed by atoms with Gasteiger partial charge in [-0.2, -0.15) is 0 Å². The summed E-state index contributed by atoms with van der Waals surface area (Å²) in [6.07, 6.45) is 1.04. The first-order valence-electron chi connectivity index (χ1n) is 6.03. The Morgan fingerprint density at radius 3 is 2.44 bits per heavy atom. The number of para-hydroxylation sites is 1. The minimum absolute atomic E-state index is 0.625. The fourth-order valence-electron chi connectivity index (χ4n) is 1.81. The van der Waals surface area contributed by atoms with Gasteiger partial charge in [0.1, 0.15) is 5.75 Å². The lowest BCUT2D eigenvalue weighted by atomic mass is 10.1. The number of rotatable bonds is 4. The van der Waals surface area contributed by atoms with Crippen molar-refractivity contribution in [2.24, 2.45) is 0 Å². The van der Waals surface area contributed by atoms with Crippen LogP contribution in [0.15, 0.2) is 42.5 Å². The number of nitrogens with two attached hydrogens (primary N) is 1. The number of hydrogen-bond acceptors (Lipinski definition) is 3. The average molecular weight is 242 g/mol. The first kappa shape index (κ1) is 12.3. The van der Waals surface area contributed by atoms with E-state index < -0.39 is 0 Å². The standard InChI is InChI=1S/C15H18N2O/c1-3-11-7-9-12(10-8-11)17-13-5-4-6-14(18-2)15(13)16/h4-10,17H,3,16H2,1-2H3. The molecule has 2 rings (SSSR count). The van der Waals surface area contributed by atoms with Crippen LogP contribution in [-0.4, -0.2) is 7.11 Å². The Morgan fingerprint density at radius 2 is 1.83 bits per heavy atom. The monoisotopic (exact) mass is 242 g/mol. The zero-order chi connectivity index (χ0) is 13.0. The molecule has 0 amide bonds. The zero-order valence-electron chi connectivity index (χ0n) is 10.7. The first-order valence-corrected chi connectivity index (χ1v) is 6.03. The van der Waals surface area contributed by atoms with Crippen LogP contribution in [0.25, 0.3) is 0 Å². The van der Waals surface area contributed by atoms with E-state index in [-0.39, 0.29) is 0 Å². The van der Waals surface area contributed by atoms with Crippen LogP contribution < -0.4 is 15.8 Å². The maximum atomic E-state index is 6.01. The molecule has 0 radical (unpaired) electrons. The van der Waals surface area contributed by atoms with Gasteiger partial charge in [0.2, 0.25) is 0 Å². The van der Waals surface area contributed by atoms with Crippen molar-refractivity contribution in [1.29, 1.82) is 0 Å². The summed E-state index contributed by atoms with van der Waals surface area (Å²) in [5.41, 5.74) is 9.83. The molecule has 0 aromatic heterocycles. The molecule has 0 spiro atoms. The molecule has 0 saturated heterocycles. The largest absolute Gasteiger partial charge is 0.495 e.